The molecule has 1 aromatic heterocycles. The second-order valence-electron chi connectivity index (χ2n) is 7.00. The fourth-order valence-corrected chi connectivity index (χ4v) is 5.11. The summed E-state index contributed by atoms with van der Waals surface area (Å²) in [5.41, 5.74) is 0.716. The summed E-state index contributed by atoms with van der Waals surface area (Å²) in [6.45, 7) is 3.55. The molecule has 0 spiro atoms. The molecule has 2 aromatic carbocycles. The quantitative estimate of drug-likeness (QED) is 0.407. The van der Waals surface area contributed by atoms with Gasteiger partial charge in [-0.3, -0.25) is 4.79 Å². The zero-order valence-electron chi connectivity index (χ0n) is 17.2. The molecule has 32 heavy (non-hydrogen) atoms. The Morgan fingerprint density at radius 3 is 2.16 bits per heavy atom. The third kappa shape index (κ3) is 6.09. The average Bonchev–Trinajstić information content (AvgIpc) is 3.28. The van der Waals surface area contributed by atoms with Crippen LogP contribution >= 0.6 is 11.3 Å². The predicted octanol–water partition coefficient (Wildman–Crippen LogP) is 4.43. The number of hydrogen-bond donors (Lipinski definition) is 0. The summed E-state index contributed by atoms with van der Waals surface area (Å²) in [4.78, 5) is 15.6. The molecule has 0 aliphatic heterocycles. The van der Waals surface area contributed by atoms with Gasteiger partial charge in [-0.15, -0.1) is 17.9 Å². The van der Waals surface area contributed by atoms with E-state index in [4.69, 9.17) is 0 Å². The van der Waals surface area contributed by atoms with E-state index in [1.165, 1.54) is 34.4 Å². The highest BCUT2D eigenvalue weighted by Gasteiger charge is 2.28. The third-order valence-corrected chi connectivity index (χ3v) is 7.35. The molecule has 0 fully saturated rings. The minimum Gasteiger partial charge on any atom is -0.332 e. The van der Waals surface area contributed by atoms with Gasteiger partial charge in [-0.05, 0) is 53.4 Å². The van der Waals surface area contributed by atoms with E-state index in [-0.39, 0.29) is 30.3 Å². The summed E-state index contributed by atoms with van der Waals surface area (Å²) in [6, 6.07) is 14.0. The van der Waals surface area contributed by atoms with Crippen LogP contribution in [0.1, 0.15) is 10.4 Å². The Balaban J connectivity index is 1.84. The number of benzene rings is 2. The van der Waals surface area contributed by atoms with Crippen molar-refractivity contribution in [3.8, 4) is 0 Å². The van der Waals surface area contributed by atoms with Gasteiger partial charge < -0.3 is 4.90 Å². The lowest BCUT2D eigenvalue weighted by Crippen LogP contribution is -2.42. The van der Waals surface area contributed by atoms with Crippen molar-refractivity contribution >= 4 is 27.3 Å². The van der Waals surface area contributed by atoms with Crippen LogP contribution in [0.3, 0.4) is 0 Å². The maximum Gasteiger partial charge on any atom is 0.243 e. The van der Waals surface area contributed by atoms with E-state index in [9.17, 15) is 22.0 Å². The van der Waals surface area contributed by atoms with E-state index in [1.54, 1.807) is 12.1 Å². The summed E-state index contributed by atoms with van der Waals surface area (Å²) >= 11 is 1.48. The number of rotatable bonds is 10. The lowest BCUT2D eigenvalue weighted by atomic mass is 10.2. The molecule has 0 aliphatic carbocycles. The zero-order valence-corrected chi connectivity index (χ0v) is 18.8. The Morgan fingerprint density at radius 1 is 0.969 bits per heavy atom. The summed E-state index contributed by atoms with van der Waals surface area (Å²) in [7, 11) is -4.05. The average molecular weight is 477 g/mol. The molecule has 0 bridgehead atoms. The fraction of sp³-hybridized carbons (Fsp3) is 0.174. The molecular weight excluding hydrogens is 454 g/mol. The fourth-order valence-electron chi connectivity index (χ4n) is 3.03. The van der Waals surface area contributed by atoms with Gasteiger partial charge in [0.25, 0.3) is 0 Å². The van der Waals surface area contributed by atoms with Gasteiger partial charge in [0.2, 0.25) is 15.9 Å². The van der Waals surface area contributed by atoms with E-state index in [0.29, 0.717) is 5.56 Å². The lowest BCUT2D eigenvalue weighted by molar-refractivity contribution is -0.132. The Bertz CT molecular complexity index is 1150. The molecule has 1 heterocycles. The van der Waals surface area contributed by atoms with Crippen LogP contribution in [0.15, 0.2) is 83.6 Å². The number of hydrogen-bond acceptors (Lipinski definition) is 4. The Labute approximate surface area is 190 Å². The molecule has 3 aromatic rings. The van der Waals surface area contributed by atoms with Gasteiger partial charge in [0, 0.05) is 18.0 Å². The van der Waals surface area contributed by atoms with Gasteiger partial charge in [-0.25, -0.2) is 17.2 Å². The van der Waals surface area contributed by atoms with Crippen LogP contribution < -0.4 is 0 Å². The molecule has 0 unspecified atom stereocenters. The number of sulfonamides is 1. The van der Waals surface area contributed by atoms with Crippen LogP contribution in [-0.2, 0) is 27.9 Å². The van der Waals surface area contributed by atoms with Crippen molar-refractivity contribution in [2.45, 2.75) is 18.0 Å². The third-order valence-electron chi connectivity index (χ3n) is 4.66. The lowest BCUT2D eigenvalue weighted by Gasteiger charge is -2.26. The van der Waals surface area contributed by atoms with Gasteiger partial charge in [0.05, 0.1) is 18.0 Å². The first-order chi connectivity index (χ1) is 15.3. The summed E-state index contributed by atoms with van der Waals surface area (Å²) in [5, 5.41) is 1.89. The van der Waals surface area contributed by atoms with Crippen LogP contribution in [0.25, 0.3) is 0 Å². The van der Waals surface area contributed by atoms with Crippen molar-refractivity contribution in [3.63, 3.8) is 0 Å². The highest BCUT2D eigenvalue weighted by Crippen LogP contribution is 2.19. The number of halogens is 2. The predicted molar refractivity (Wildman–Crippen MR) is 120 cm³/mol. The maximum atomic E-state index is 13.3. The molecular formula is C23H22F2N2O3S2. The molecule has 0 N–H and O–H groups in total. The largest absolute Gasteiger partial charge is 0.332 e. The number of nitrogens with zero attached hydrogens (tertiary/aromatic N) is 2. The van der Waals surface area contributed by atoms with E-state index in [0.717, 1.165) is 33.4 Å². The second kappa shape index (κ2) is 10.6. The highest BCUT2D eigenvalue weighted by molar-refractivity contribution is 7.89. The number of carbonyl (C=O) groups excluding carboxylic acids is 1. The molecule has 9 heteroatoms. The van der Waals surface area contributed by atoms with Crippen molar-refractivity contribution in [2.75, 3.05) is 13.1 Å². The first-order valence-corrected chi connectivity index (χ1v) is 12.0. The summed E-state index contributed by atoms with van der Waals surface area (Å²) < 4.78 is 53.6. The minimum atomic E-state index is -4.05. The molecule has 0 radical (unpaired) electrons. The number of amides is 1. The van der Waals surface area contributed by atoms with Gasteiger partial charge in [-0.1, -0.05) is 24.3 Å². The summed E-state index contributed by atoms with van der Waals surface area (Å²) in [6.07, 6.45) is 1.39. The standard InChI is InChI=1S/C23H22F2N2O3S2/c1-2-13-27(32(29,30)22-11-9-20(25)10-12-22)17-23(28)26(16-21-4-3-14-31-21)15-18-5-7-19(24)8-6-18/h2-12,14H,1,13,15-17H2. The highest BCUT2D eigenvalue weighted by atomic mass is 32.2. The monoisotopic (exact) mass is 476 g/mol. The van der Waals surface area contributed by atoms with Crippen molar-refractivity contribution in [1.29, 1.82) is 0 Å². The van der Waals surface area contributed by atoms with E-state index in [2.05, 4.69) is 6.58 Å². The number of thiophene rings is 1. The van der Waals surface area contributed by atoms with Crippen molar-refractivity contribution in [1.82, 2.24) is 9.21 Å². The molecule has 5 nitrogen and oxygen atoms in total. The van der Waals surface area contributed by atoms with Gasteiger partial charge in [-0.2, -0.15) is 4.31 Å². The van der Waals surface area contributed by atoms with Gasteiger partial charge in [0.15, 0.2) is 0 Å². The first kappa shape index (κ1) is 23.8. The van der Waals surface area contributed by atoms with Crippen LogP contribution in [0.4, 0.5) is 8.78 Å². The SMILES string of the molecule is C=CCN(CC(=O)N(Cc1ccc(F)cc1)Cc1cccs1)S(=O)(=O)c1ccc(F)cc1. The maximum absolute atomic E-state index is 13.3. The molecule has 168 valence electrons. The van der Waals surface area contributed by atoms with Crippen molar-refractivity contribution in [3.05, 3.63) is 101 Å². The van der Waals surface area contributed by atoms with Gasteiger partial charge >= 0.3 is 0 Å². The van der Waals surface area contributed by atoms with E-state index < -0.39 is 28.3 Å². The van der Waals surface area contributed by atoms with Crippen molar-refractivity contribution in [2.24, 2.45) is 0 Å². The second-order valence-corrected chi connectivity index (χ2v) is 9.97. The molecule has 0 saturated carbocycles. The molecule has 0 aliphatic rings. The Morgan fingerprint density at radius 2 is 1.59 bits per heavy atom. The Kier molecular flexibility index (Phi) is 7.89. The first-order valence-electron chi connectivity index (χ1n) is 9.71. The number of carbonyl (C=O) groups is 1. The minimum absolute atomic E-state index is 0.0885. The normalized spacial score (nSPS) is 11.5. The molecule has 3 rings (SSSR count). The van der Waals surface area contributed by atoms with Crippen LogP contribution in [-0.4, -0.2) is 36.6 Å². The molecule has 1 amide bonds. The van der Waals surface area contributed by atoms with Crippen LogP contribution in [0.5, 0.6) is 0 Å². The van der Waals surface area contributed by atoms with E-state index in [1.807, 2.05) is 17.5 Å². The van der Waals surface area contributed by atoms with Crippen LogP contribution in [0.2, 0.25) is 0 Å². The summed E-state index contributed by atoms with van der Waals surface area (Å²) in [5.74, 6) is -1.36. The topological polar surface area (TPSA) is 57.7 Å². The van der Waals surface area contributed by atoms with E-state index >= 15 is 0 Å². The van der Waals surface area contributed by atoms with Crippen LogP contribution in [0, 0.1) is 11.6 Å². The molecule has 0 saturated heterocycles. The molecule has 0 atom stereocenters. The smallest absolute Gasteiger partial charge is 0.243 e. The van der Waals surface area contributed by atoms with Gasteiger partial charge in [0.1, 0.15) is 11.6 Å². The Hall–Kier alpha value is -2.88. The van der Waals surface area contributed by atoms with Crippen molar-refractivity contribution < 1.29 is 22.0 Å². The zero-order chi connectivity index (χ0) is 23.1.